The van der Waals surface area contributed by atoms with Crippen LogP contribution in [-0.2, 0) is 4.79 Å². The van der Waals surface area contributed by atoms with E-state index >= 15 is 0 Å². The lowest BCUT2D eigenvalue weighted by Gasteiger charge is -2.05. The Morgan fingerprint density at radius 2 is 1.89 bits per heavy atom. The maximum atomic E-state index is 10.9. The average molecular weight is 259 g/mol. The number of carbonyl (C=O) groups excluding carboxylic acids is 1. The van der Waals surface area contributed by atoms with Crippen LogP contribution in [0.1, 0.15) is 6.92 Å². The van der Waals surface area contributed by atoms with E-state index in [0.717, 1.165) is 11.3 Å². The monoisotopic (exact) mass is 259 g/mol. The number of hydrogen-bond acceptors (Lipinski definition) is 4. The Morgan fingerprint density at radius 3 is 2.44 bits per heavy atom. The molecule has 0 radical (unpaired) electrons. The second kappa shape index (κ2) is 5.64. The summed E-state index contributed by atoms with van der Waals surface area (Å²) in [6.07, 6.45) is 0. The normalized spacial score (nSPS) is 12.1. The zero-order chi connectivity index (χ0) is 13.0. The van der Waals surface area contributed by atoms with Gasteiger partial charge in [0.15, 0.2) is 0 Å². The molecule has 1 aromatic heterocycles. The molecule has 2 aromatic rings. The van der Waals surface area contributed by atoms with E-state index in [9.17, 15) is 4.79 Å². The molecule has 1 unspecified atom stereocenters. The highest BCUT2D eigenvalue weighted by atomic mass is 32.2. The summed E-state index contributed by atoms with van der Waals surface area (Å²) < 4.78 is 0. The molecular formula is C13H13N3OS. The van der Waals surface area contributed by atoms with E-state index in [1.165, 1.54) is 11.8 Å². The van der Waals surface area contributed by atoms with Crippen molar-refractivity contribution in [1.29, 1.82) is 0 Å². The molecule has 0 aliphatic rings. The number of rotatable bonds is 4. The van der Waals surface area contributed by atoms with E-state index in [-0.39, 0.29) is 11.2 Å². The van der Waals surface area contributed by atoms with E-state index in [1.54, 1.807) is 6.92 Å². The first kappa shape index (κ1) is 12.6. The number of nitrogens with two attached hydrogens (primary N) is 1. The van der Waals surface area contributed by atoms with Crippen LogP contribution >= 0.6 is 11.8 Å². The predicted molar refractivity (Wildman–Crippen MR) is 72.0 cm³/mol. The van der Waals surface area contributed by atoms with Gasteiger partial charge in [0.25, 0.3) is 0 Å². The van der Waals surface area contributed by atoms with Gasteiger partial charge in [0.2, 0.25) is 5.91 Å². The molecule has 1 heterocycles. The minimum Gasteiger partial charge on any atom is -0.369 e. The maximum absolute atomic E-state index is 10.9. The van der Waals surface area contributed by atoms with Crippen LogP contribution in [0.4, 0.5) is 0 Å². The third-order valence-corrected chi connectivity index (χ3v) is 3.45. The Balaban J connectivity index is 2.13. The van der Waals surface area contributed by atoms with Crippen LogP contribution in [0.3, 0.4) is 0 Å². The summed E-state index contributed by atoms with van der Waals surface area (Å²) in [6.45, 7) is 1.75. The van der Waals surface area contributed by atoms with Crippen molar-refractivity contribution in [1.82, 2.24) is 10.2 Å². The van der Waals surface area contributed by atoms with E-state index in [0.29, 0.717) is 5.03 Å². The zero-order valence-electron chi connectivity index (χ0n) is 9.91. The summed E-state index contributed by atoms with van der Waals surface area (Å²) in [6, 6.07) is 13.5. The molecule has 0 saturated carbocycles. The zero-order valence-corrected chi connectivity index (χ0v) is 10.7. The van der Waals surface area contributed by atoms with Gasteiger partial charge in [-0.25, -0.2) is 0 Å². The smallest absolute Gasteiger partial charge is 0.230 e. The van der Waals surface area contributed by atoms with Gasteiger partial charge in [0.05, 0.1) is 10.9 Å². The van der Waals surface area contributed by atoms with Crippen LogP contribution in [0.2, 0.25) is 0 Å². The van der Waals surface area contributed by atoms with Gasteiger partial charge in [0, 0.05) is 5.56 Å². The lowest BCUT2D eigenvalue weighted by Crippen LogP contribution is -2.22. The van der Waals surface area contributed by atoms with Crippen molar-refractivity contribution in [3.05, 3.63) is 42.5 Å². The van der Waals surface area contributed by atoms with Gasteiger partial charge in [-0.3, -0.25) is 4.79 Å². The number of amides is 1. The topological polar surface area (TPSA) is 68.9 Å². The van der Waals surface area contributed by atoms with E-state index < -0.39 is 0 Å². The van der Waals surface area contributed by atoms with E-state index in [4.69, 9.17) is 5.73 Å². The van der Waals surface area contributed by atoms with Crippen molar-refractivity contribution in [2.45, 2.75) is 17.2 Å². The third kappa shape index (κ3) is 3.07. The van der Waals surface area contributed by atoms with Gasteiger partial charge < -0.3 is 5.73 Å². The molecule has 0 aliphatic heterocycles. The number of benzene rings is 1. The second-order valence-corrected chi connectivity index (χ2v) is 5.15. The van der Waals surface area contributed by atoms with Crippen molar-refractivity contribution in [3.8, 4) is 11.3 Å². The number of carbonyl (C=O) groups is 1. The van der Waals surface area contributed by atoms with Gasteiger partial charge in [-0.15, -0.1) is 10.2 Å². The highest BCUT2D eigenvalue weighted by Crippen LogP contribution is 2.22. The van der Waals surface area contributed by atoms with Gasteiger partial charge in [-0.05, 0) is 19.1 Å². The lowest BCUT2D eigenvalue weighted by molar-refractivity contribution is -0.117. The molecule has 0 spiro atoms. The predicted octanol–water partition coefficient (Wildman–Crippen LogP) is 2.11. The van der Waals surface area contributed by atoms with Crippen molar-refractivity contribution in [3.63, 3.8) is 0 Å². The van der Waals surface area contributed by atoms with Gasteiger partial charge in [0.1, 0.15) is 5.03 Å². The Kier molecular flexibility index (Phi) is 3.94. The fourth-order valence-electron chi connectivity index (χ4n) is 1.38. The van der Waals surface area contributed by atoms with Crippen molar-refractivity contribution < 1.29 is 4.79 Å². The van der Waals surface area contributed by atoms with Crippen molar-refractivity contribution in [2.75, 3.05) is 0 Å². The standard InChI is InChI=1S/C13H13N3OS/c1-9(13(14)17)18-12-8-7-11(15-16-12)10-5-3-2-4-6-10/h2-9H,1H3,(H2,14,17). The number of hydrogen-bond donors (Lipinski definition) is 1. The SMILES string of the molecule is CC(Sc1ccc(-c2ccccc2)nn1)C(N)=O. The Morgan fingerprint density at radius 1 is 1.17 bits per heavy atom. The number of thioether (sulfide) groups is 1. The average Bonchev–Trinajstić information content (AvgIpc) is 2.40. The molecule has 0 aliphatic carbocycles. The fourth-order valence-corrected chi connectivity index (χ4v) is 2.10. The van der Waals surface area contributed by atoms with Crippen molar-refractivity contribution >= 4 is 17.7 Å². The molecule has 1 atom stereocenters. The lowest BCUT2D eigenvalue weighted by atomic mass is 10.1. The molecular weight excluding hydrogens is 246 g/mol. The molecule has 4 nitrogen and oxygen atoms in total. The quantitative estimate of drug-likeness (QED) is 0.854. The van der Waals surface area contributed by atoms with Crippen LogP contribution < -0.4 is 5.73 Å². The minimum atomic E-state index is -0.353. The summed E-state index contributed by atoms with van der Waals surface area (Å²) in [5.41, 5.74) is 7.03. The first-order chi connectivity index (χ1) is 8.66. The number of primary amides is 1. The first-order valence-electron chi connectivity index (χ1n) is 5.52. The second-order valence-electron chi connectivity index (χ2n) is 3.79. The number of nitrogens with zero attached hydrogens (tertiary/aromatic N) is 2. The highest BCUT2D eigenvalue weighted by Gasteiger charge is 2.11. The van der Waals surface area contributed by atoms with Gasteiger partial charge in [-0.2, -0.15) is 0 Å². The van der Waals surface area contributed by atoms with Crippen LogP contribution in [0, 0.1) is 0 Å². The molecule has 0 saturated heterocycles. The molecule has 92 valence electrons. The molecule has 0 bridgehead atoms. The highest BCUT2D eigenvalue weighted by molar-refractivity contribution is 8.00. The van der Waals surface area contributed by atoms with E-state index in [1.807, 2.05) is 42.5 Å². The van der Waals surface area contributed by atoms with Crippen LogP contribution in [-0.4, -0.2) is 21.4 Å². The van der Waals surface area contributed by atoms with Gasteiger partial charge >= 0.3 is 0 Å². The molecule has 0 fully saturated rings. The molecule has 1 amide bonds. The maximum Gasteiger partial charge on any atom is 0.230 e. The Hall–Kier alpha value is -1.88. The van der Waals surface area contributed by atoms with Crippen molar-refractivity contribution in [2.24, 2.45) is 5.73 Å². The summed E-state index contributed by atoms with van der Waals surface area (Å²) in [5.74, 6) is -0.353. The van der Waals surface area contributed by atoms with Crippen LogP contribution in [0.5, 0.6) is 0 Å². The first-order valence-corrected chi connectivity index (χ1v) is 6.40. The Labute approximate surface area is 110 Å². The van der Waals surface area contributed by atoms with Gasteiger partial charge in [-0.1, -0.05) is 42.1 Å². The fraction of sp³-hybridized carbons (Fsp3) is 0.154. The number of aromatic nitrogens is 2. The molecule has 2 N–H and O–H groups in total. The summed E-state index contributed by atoms with van der Waals surface area (Å²) in [7, 11) is 0. The summed E-state index contributed by atoms with van der Waals surface area (Å²) >= 11 is 1.31. The van der Waals surface area contributed by atoms with E-state index in [2.05, 4.69) is 10.2 Å². The molecule has 5 heteroatoms. The molecule has 18 heavy (non-hydrogen) atoms. The molecule has 2 rings (SSSR count). The Bertz CT molecular complexity index is 528. The summed E-state index contributed by atoms with van der Waals surface area (Å²) in [5, 5.41) is 8.61. The van der Waals surface area contributed by atoms with Crippen LogP contribution in [0.25, 0.3) is 11.3 Å². The minimum absolute atomic E-state index is 0.304. The largest absolute Gasteiger partial charge is 0.369 e. The summed E-state index contributed by atoms with van der Waals surface area (Å²) in [4.78, 5) is 10.9. The van der Waals surface area contributed by atoms with Crippen LogP contribution in [0.15, 0.2) is 47.5 Å². The third-order valence-electron chi connectivity index (χ3n) is 2.41. The molecule has 1 aromatic carbocycles.